The van der Waals surface area contributed by atoms with Crippen molar-refractivity contribution in [1.82, 2.24) is 4.90 Å². The van der Waals surface area contributed by atoms with Crippen LogP contribution < -0.4 is 0 Å². The van der Waals surface area contributed by atoms with Crippen molar-refractivity contribution < 1.29 is 14.3 Å². The van der Waals surface area contributed by atoms with Gasteiger partial charge in [-0.1, -0.05) is 30.3 Å². The molecule has 1 fully saturated rings. The molecule has 1 aliphatic rings. The van der Waals surface area contributed by atoms with Gasteiger partial charge in [-0.25, -0.2) is 4.79 Å². The molecule has 124 valence electrons. The average molecular weight is 323 g/mol. The van der Waals surface area contributed by atoms with Gasteiger partial charge in [-0.2, -0.15) is 0 Å². The number of carbonyl (C=O) groups is 2. The molecule has 0 N–H and O–H groups in total. The zero-order valence-corrected chi connectivity index (χ0v) is 13.8. The molecule has 1 aliphatic heterocycles. The van der Waals surface area contributed by atoms with Crippen LogP contribution in [-0.4, -0.2) is 36.3 Å². The van der Waals surface area contributed by atoms with E-state index in [4.69, 9.17) is 4.74 Å². The van der Waals surface area contributed by atoms with Gasteiger partial charge >= 0.3 is 5.97 Å². The van der Waals surface area contributed by atoms with Crippen LogP contribution in [0.15, 0.2) is 48.5 Å². The van der Waals surface area contributed by atoms with Gasteiger partial charge in [0, 0.05) is 17.7 Å². The van der Waals surface area contributed by atoms with Crippen LogP contribution in [0.2, 0.25) is 0 Å². The zero-order valence-electron chi connectivity index (χ0n) is 13.8. The molecule has 1 saturated heterocycles. The number of carbonyl (C=O) groups excluding carboxylic acids is 2. The maximum Gasteiger partial charge on any atom is 0.338 e. The second kappa shape index (κ2) is 7.41. The van der Waals surface area contributed by atoms with Gasteiger partial charge in [0.05, 0.1) is 12.2 Å². The molecule has 24 heavy (non-hydrogen) atoms. The van der Waals surface area contributed by atoms with Crippen molar-refractivity contribution in [3.63, 3.8) is 0 Å². The second-order valence-electron chi connectivity index (χ2n) is 5.96. The quantitative estimate of drug-likeness (QED) is 0.604. The van der Waals surface area contributed by atoms with Gasteiger partial charge in [0.15, 0.2) is 5.78 Å². The Kier molecular flexibility index (Phi) is 5.06. The fourth-order valence-electron chi connectivity index (χ4n) is 2.78. The van der Waals surface area contributed by atoms with Crippen LogP contribution in [0.3, 0.4) is 0 Å². The largest absolute Gasteiger partial charge is 0.462 e. The average Bonchev–Trinajstić information content (AvgIpc) is 2.58. The van der Waals surface area contributed by atoms with Crippen molar-refractivity contribution in [2.75, 3.05) is 19.7 Å². The number of ketones is 1. The molecule has 4 nitrogen and oxygen atoms in total. The number of rotatable bonds is 6. The van der Waals surface area contributed by atoms with Gasteiger partial charge in [0.2, 0.25) is 0 Å². The summed E-state index contributed by atoms with van der Waals surface area (Å²) < 4.78 is 4.99. The zero-order chi connectivity index (χ0) is 16.9. The van der Waals surface area contributed by atoms with Crippen LogP contribution in [0.5, 0.6) is 0 Å². The number of ether oxygens (including phenoxy) is 1. The smallest absolute Gasteiger partial charge is 0.338 e. The molecule has 0 amide bonds. The highest BCUT2D eigenvalue weighted by Crippen LogP contribution is 2.17. The van der Waals surface area contributed by atoms with Gasteiger partial charge < -0.3 is 4.74 Å². The minimum atomic E-state index is -0.404. The van der Waals surface area contributed by atoms with E-state index in [-0.39, 0.29) is 5.78 Å². The number of esters is 1. The van der Waals surface area contributed by atoms with Crippen molar-refractivity contribution in [3.05, 3.63) is 70.8 Å². The first-order valence-corrected chi connectivity index (χ1v) is 8.30. The highest BCUT2D eigenvalue weighted by atomic mass is 16.5. The standard InChI is InChI=1S/C20H21NO3/c1-2-24-20(23)18-9-4-8-17(13-18)19(22)16-7-3-6-15(12-16)14-21-10-5-11-21/h3-4,6-9,12-13H,2,5,10-11,14H2,1H3. The molecule has 0 saturated carbocycles. The molecule has 0 atom stereocenters. The van der Waals surface area contributed by atoms with E-state index in [9.17, 15) is 9.59 Å². The predicted molar refractivity (Wildman–Crippen MR) is 92.2 cm³/mol. The molecule has 0 bridgehead atoms. The van der Waals surface area contributed by atoms with Crippen molar-refractivity contribution in [2.24, 2.45) is 0 Å². The molecule has 0 aromatic heterocycles. The minimum absolute atomic E-state index is 0.0772. The lowest BCUT2D eigenvalue weighted by molar-refractivity contribution is 0.0526. The third-order valence-electron chi connectivity index (χ3n) is 4.18. The van der Waals surface area contributed by atoms with E-state index in [1.54, 1.807) is 31.2 Å². The van der Waals surface area contributed by atoms with Crippen molar-refractivity contribution >= 4 is 11.8 Å². The fraction of sp³-hybridized carbons (Fsp3) is 0.300. The monoisotopic (exact) mass is 323 g/mol. The minimum Gasteiger partial charge on any atom is -0.462 e. The van der Waals surface area contributed by atoms with Crippen LogP contribution in [0.1, 0.15) is 45.2 Å². The number of nitrogens with zero attached hydrogens (tertiary/aromatic N) is 1. The molecule has 2 aromatic carbocycles. The number of hydrogen-bond acceptors (Lipinski definition) is 4. The summed E-state index contributed by atoms with van der Waals surface area (Å²) in [6.45, 7) is 5.20. The van der Waals surface area contributed by atoms with E-state index in [2.05, 4.69) is 4.90 Å². The maximum absolute atomic E-state index is 12.7. The Bertz CT molecular complexity index is 750. The Hall–Kier alpha value is -2.46. The number of likely N-dealkylation sites (tertiary alicyclic amines) is 1. The van der Waals surface area contributed by atoms with E-state index in [1.165, 1.54) is 6.42 Å². The van der Waals surface area contributed by atoms with E-state index in [1.807, 2.05) is 24.3 Å². The van der Waals surface area contributed by atoms with E-state index in [0.717, 1.165) is 25.2 Å². The summed E-state index contributed by atoms with van der Waals surface area (Å²) in [7, 11) is 0. The summed E-state index contributed by atoms with van der Waals surface area (Å²) in [5, 5.41) is 0. The Morgan fingerprint density at radius 3 is 2.33 bits per heavy atom. The lowest BCUT2D eigenvalue weighted by Gasteiger charge is -2.30. The third kappa shape index (κ3) is 3.71. The van der Waals surface area contributed by atoms with E-state index < -0.39 is 5.97 Å². The molecule has 0 spiro atoms. The molecule has 0 radical (unpaired) electrons. The molecular weight excluding hydrogens is 302 g/mol. The van der Waals surface area contributed by atoms with Crippen LogP contribution in [0.4, 0.5) is 0 Å². The van der Waals surface area contributed by atoms with Crippen LogP contribution in [0, 0.1) is 0 Å². The lowest BCUT2D eigenvalue weighted by Crippen LogP contribution is -2.36. The molecule has 0 unspecified atom stereocenters. The van der Waals surface area contributed by atoms with Crippen LogP contribution in [0.25, 0.3) is 0 Å². The van der Waals surface area contributed by atoms with Crippen molar-refractivity contribution in [3.8, 4) is 0 Å². The number of benzene rings is 2. The molecule has 0 aliphatic carbocycles. The predicted octanol–water partition coefficient (Wildman–Crippen LogP) is 3.30. The highest BCUT2D eigenvalue weighted by Gasteiger charge is 2.16. The molecule has 4 heteroatoms. The third-order valence-corrected chi connectivity index (χ3v) is 4.18. The summed E-state index contributed by atoms with van der Waals surface area (Å²) in [6, 6.07) is 14.4. The molecule has 3 rings (SSSR count). The fourth-order valence-corrected chi connectivity index (χ4v) is 2.78. The SMILES string of the molecule is CCOC(=O)c1cccc(C(=O)c2cccc(CN3CCC3)c2)c1. The Labute approximate surface area is 142 Å². The van der Waals surface area contributed by atoms with E-state index in [0.29, 0.717) is 23.3 Å². The first-order valence-electron chi connectivity index (χ1n) is 8.30. The second-order valence-corrected chi connectivity index (χ2v) is 5.96. The van der Waals surface area contributed by atoms with Gasteiger partial charge in [-0.15, -0.1) is 0 Å². The first kappa shape index (κ1) is 16.4. The van der Waals surface area contributed by atoms with Gasteiger partial charge in [0.1, 0.15) is 0 Å². The molecular formula is C20H21NO3. The molecule has 2 aromatic rings. The Morgan fingerprint density at radius 1 is 1.00 bits per heavy atom. The van der Waals surface area contributed by atoms with Gasteiger partial charge in [-0.05, 0) is 50.2 Å². The van der Waals surface area contributed by atoms with Gasteiger partial charge in [0.25, 0.3) is 0 Å². The first-order chi connectivity index (χ1) is 11.7. The van der Waals surface area contributed by atoms with Crippen LogP contribution >= 0.6 is 0 Å². The molecule has 1 heterocycles. The summed E-state index contributed by atoms with van der Waals surface area (Å²) in [6.07, 6.45) is 1.25. The van der Waals surface area contributed by atoms with Crippen LogP contribution in [-0.2, 0) is 11.3 Å². The van der Waals surface area contributed by atoms with Crippen molar-refractivity contribution in [2.45, 2.75) is 19.9 Å². The maximum atomic E-state index is 12.7. The summed E-state index contributed by atoms with van der Waals surface area (Å²) >= 11 is 0. The summed E-state index contributed by atoms with van der Waals surface area (Å²) in [5.41, 5.74) is 2.69. The lowest BCUT2D eigenvalue weighted by atomic mass is 9.99. The van der Waals surface area contributed by atoms with Crippen molar-refractivity contribution in [1.29, 1.82) is 0 Å². The topological polar surface area (TPSA) is 46.6 Å². The van der Waals surface area contributed by atoms with Gasteiger partial charge in [-0.3, -0.25) is 9.69 Å². The number of hydrogen-bond donors (Lipinski definition) is 0. The Balaban J connectivity index is 1.79. The summed E-state index contributed by atoms with van der Waals surface area (Å²) in [5.74, 6) is -0.481. The summed E-state index contributed by atoms with van der Waals surface area (Å²) in [4.78, 5) is 26.9. The Morgan fingerprint density at radius 2 is 1.67 bits per heavy atom. The highest BCUT2D eigenvalue weighted by molar-refractivity contribution is 6.10. The normalized spacial score (nSPS) is 14.0. The van der Waals surface area contributed by atoms with E-state index >= 15 is 0 Å².